The molecule has 0 bridgehead atoms. The van der Waals surface area contributed by atoms with E-state index in [0.717, 1.165) is 49.0 Å². The van der Waals surface area contributed by atoms with Crippen molar-refractivity contribution in [3.8, 4) is 11.3 Å². The van der Waals surface area contributed by atoms with Crippen molar-refractivity contribution in [2.75, 3.05) is 13.1 Å². The molecular formula is C23H25FN6. The summed E-state index contributed by atoms with van der Waals surface area (Å²) < 4.78 is 17.8. The maximum Gasteiger partial charge on any atom is 0.234 e. The lowest BCUT2D eigenvalue weighted by molar-refractivity contribution is 0.154. The number of rotatable bonds is 5. The van der Waals surface area contributed by atoms with Crippen LogP contribution >= 0.6 is 0 Å². The van der Waals surface area contributed by atoms with Gasteiger partial charge in [-0.2, -0.15) is 0 Å². The first kappa shape index (κ1) is 18.9. The van der Waals surface area contributed by atoms with Gasteiger partial charge in [0.2, 0.25) is 5.78 Å². The molecule has 154 valence electrons. The zero-order valence-corrected chi connectivity index (χ0v) is 17.1. The maximum absolute atomic E-state index is 13.5. The number of imidazole rings is 2. The van der Waals surface area contributed by atoms with Crippen LogP contribution in [0.5, 0.6) is 0 Å². The van der Waals surface area contributed by atoms with Gasteiger partial charge in [0.05, 0.1) is 11.4 Å². The molecule has 0 spiro atoms. The maximum atomic E-state index is 13.5. The van der Waals surface area contributed by atoms with Gasteiger partial charge in [-0.25, -0.2) is 19.3 Å². The van der Waals surface area contributed by atoms with E-state index >= 15 is 0 Å². The molecule has 6 nitrogen and oxygen atoms in total. The van der Waals surface area contributed by atoms with Gasteiger partial charge in [-0.15, -0.1) is 0 Å². The van der Waals surface area contributed by atoms with Crippen LogP contribution in [0.3, 0.4) is 0 Å². The number of halogens is 1. The van der Waals surface area contributed by atoms with Gasteiger partial charge < -0.3 is 4.57 Å². The van der Waals surface area contributed by atoms with Crippen molar-refractivity contribution in [3.05, 3.63) is 72.5 Å². The number of piperidine rings is 1. The van der Waals surface area contributed by atoms with Crippen molar-refractivity contribution in [1.82, 2.24) is 28.8 Å². The number of hydrogen-bond acceptors (Lipinski definition) is 4. The molecule has 0 N–H and O–H groups in total. The average molecular weight is 404 g/mol. The number of fused-ring (bicyclic) bond motifs is 1. The van der Waals surface area contributed by atoms with Crippen LogP contribution in [0.1, 0.15) is 24.4 Å². The lowest BCUT2D eigenvalue weighted by atomic mass is 9.97. The molecule has 1 fully saturated rings. The lowest BCUT2D eigenvalue weighted by Crippen LogP contribution is -2.37. The van der Waals surface area contributed by atoms with Gasteiger partial charge >= 0.3 is 0 Å². The zero-order valence-electron chi connectivity index (χ0n) is 17.1. The van der Waals surface area contributed by atoms with Crippen molar-refractivity contribution >= 4 is 5.78 Å². The van der Waals surface area contributed by atoms with Gasteiger partial charge in [0.15, 0.2) is 0 Å². The van der Waals surface area contributed by atoms with Gasteiger partial charge in [-0.05, 0) is 62.6 Å². The molecule has 4 heterocycles. The van der Waals surface area contributed by atoms with Gasteiger partial charge in [0.25, 0.3) is 0 Å². The van der Waals surface area contributed by atoms with Crippen LogP contribution < -0.4 is 0 Å². The van der Waals surface area contributed by atoms with E-state index in [0.29, 0.717) is 11.7 Å². The number of likely N-dealkylation sites (tertiary alicyclic amines) is 1. The zero-order chi connectivity index (χ0) is 20.5. The van der Waals surface area contributed by atoms with Crippen molar-refractivity contribution in [2.45, 2.75) is 32.9 Å². The van der Waals surface area contributed by atoms with Crippen LogP contribution in [-0.4, -0.2) is 41.9 Å². The first-order valence-electron chi connectivity index (χ1n) is 10.5. The highest BCUT2D eigenvalue weighted by atomic mass is 19.1. The van der Waals surface area contributed by atoms with E-state index < -0.39 is 0 Å². The Bertz CT molecular complexity index is 1150. The van der Waals surface area contributed by atoms with Crippen LogP contribution in [0.15, 0.2) is 55.1 Å². The summed E-state index contributed by atoms with van der Waals surface area (Å²) in [6.07, 6.45) is 10.1. The molecule has 1 aliphatic heterocycles. The minimum absolute atomic E-state index is 0.240. The smallest absolute Gasteiger partial charge is 0.234 e. The Morgan fingerprint density at radius 2 is 1.97 bits per heavy atom. The van der Waals surface area contributed by atoms with Crippen molar-refractivity contribution in [3.63, 3.8) is 0 Å². The Kier molecular flexibility index (Phi) is 5.04. The predicted octanol–water partition coefficient (Wildman–Crippen LogP) is 3.95. The molecule has 1 aromatic carbocycles. The summed E-state index contributed by atoms with van der Waals surface area (Å²) in [6, 6.07) is 8.48. The van der Waals surface area contributed by atoms with Crippen LogP contribution in [0.4, 0.5) is 4.39 Å². The van der Waals surface area contributed by atoms with E-state index in [1.165, 1.54) is 25.0 Å². The summed E-state index contributed by atoms with van der Waals surface area (Å²) in [5.74, 6) is 2.10. The molecule has 0 aliphatic carbocycles. The average Bonchev–Trinajstić information content (AvgIpc) is 3.33. The van der Waals surface area contributed by atoms with E-state index in [1.807, 2.05) is 18.5 Å². The molecule has 5 rings (SSSR count). The summed E-state index contributed by atoms with van der Waals surface area (Å²) in [6.45, 7) is 5.95. The topological polar surface area (TPSA) is 51.2 Å². The fourth-order valence-electron chi connectivity index (χ4n) is 4.46. The van der Waals surface area contributed by atoms with Crippen LogP contribution in [0.2, 0.25) is 0 Å². The third kappa shape index (κ3) is 3.73. The standard InChI is InChI=1S/C23H25FN6/c1-17-25-10-13-29(17)15-18-4-2-11-28(14-18)16-21-22(19-5-7-20(24)8-6-19)27-23-26-9-3-12-30(21)23/h3,5-10,12-13,18H,2,4,11,14-16H2,1H3/t18-/m0/s1. The number of hydrogen-bond donors (Lipinski definition) is 0. The number of nitrogens with zero attached hydrogens (tertiary/aromatic N) is 6. The quantitative estimate of drug-likeness (QED) is 0.505. The van der Waals surface area contributed by atoms with E-state index in [1.54, 1.807) is 18.3 Å². The molecule has 3 aromatic heterocycles. The molecule has 1 aliphatic rings. The Morgan fingerprint density at radius 1 is 1.10 bits per heavy atom. The molecule has 1 saturated heterocycles. The molecule has 0 unspecified atom stereocenters. The van der Waals surface area contributed by atoms with Crippen LogP contribution in [0, 0.1) is 18.7 Å². The van der Waals surface area contributed by atoms with E-state index in [-0.39, 0.29) is 5.82 Å². The Hall–Kier alpha value is -3.06. The van der Waals surface area contributed by atoms with E-state index in [4.69, 9.17) is 4.98 Å². The fraction of sp³-hybridized carbons (Fsp3) is 0.348. The monoisotopic (exact) mass is 404 g/mol. The molecule has 1 atom stereocenters. The molecule has 4 aromatic rings. The predicted molar refractivity (Wildman–Crippen MR) is 113 cm³/mol. The van der Waals surface area contributed by atoms with Crippen LogP contribution in [0.25, 0.3) is 17.0 Å². The molecule has 30 heavy (non-hydrogen) atoms. The van der Waals surface area contributed by atoms with Crippen molar-refractivity contribution < 1.29 is 4.39 Å². The summed E-state index contributed by atoms with van der Waals surface area (Å²) in [7, 11) is 0. The molecule has 7 heteroatoms. The van der Waals surface area contributed by atoms with Crippen molar-refractivity contribution in [2.24, 2.45) is 5.92 Å². The number of aryl methyl sites for hydroxylation is 1. The third-order valence-corrected chi connectivity index (χ3v) is 5.98. The summed E-state index contributed by atoms with van der Waals surface area (Å²) in [5, 5.41) is 0. The first-order valence-corrected chi connectivity index (χ1v) is 10.5. The van der Waals surface area contributed by atoms with Gasteiger partial charge in [-0.1, -0.05) is 0 Å². The van der Waals surface area contributed by atoms with Gasteiger partial charge in [-0.3, -0.25) is 9.30 Å². The summed E-state index contributed by atoms with van der Waals surface area (Å²) >= 11 is 0. The molecule has 0 amide bonds. The van der Waals surface area contributed by atoms with E-state index in [2.05, 4.69) is 37.0 Å². The summed E-state index contributed by atoms with van der Waals surface area (Å²) in [4.78, 5) is 16.0. The molecule has 0 saturated carbocycles. The Morgan fingerprint density at radius 3 is 2.77 bits per heavy atom. The largest absolute Gasteiger partial charge is 0.335 e. The summed E-state index contributed by atoms with van der Waals surface area (Å²) in [5.41, 5.74) is 2.89. The van der Waals surface area contributed by atoms with E-state index in [9.17, 15) is 4.39 Å². The highest BCUT2D eigenvalue weighted by Gasteiger charge is 2.24. The first-order chi connectivity index (χ1) is 14.7. The second-order valence-electron chi connectivity index (χ2n) is 8.07. The lowest BCUT2D eigenvalue weighted by Gasteiger charge is -2.33. The third-order valence-electron chi connectivity index (χ3n) is 5.98. The SMILES string of the molecule is Cc1nccn1C[C@H]1CCCN(Cc2c(-c3ccc(F)cc3)nc3ncccn23)C1. The fourth-order valence-corrected chi connectivity index (χ4v) is 4.46. The van der Waals surface area contributed by atoms with Crippen molar-refractivity contribution in [1.29, 1.82) is 0 Å². The normalized spacial score (nSPS) is 17.6. The minimum Gasteiger partial charge on any atom is -0.335 e. The molecule has 0 radical (unpaired) electrons. The molecular weight excluding hydrogens is 379 g/mol. The second-order valence-corrected chi connectivity index (χ2v) is 8.07. The number of benzene rings is 1. The Labute approximate surface area is 175 Å². The minimum atomic E-state index is -0.240. The van der Waals surface area contributed by atoms with Gasteiger partial charge in [0, 0.05) is 50.0 Å². The highest BCUT2D eigenvalue weighted by Crippen LogP contribution is 2.27. The number of aromatic nitrogens is 5. The Balaban J connectivity index is 1.42. The van der Waals surface area contributed by atoms with Crippen LogP contribution in [-0.2, 0) is 13.1 Å². The second kappa shape index (κ2) is 7.99. The van der Waals surface area contributed by atoms with Gasteiger partial charge in [0.1, 0.15) is 11.6 Å². The highest BCUT2D eigenvalue weighted by molar-refractivity contribution is 5.65.